The Hall–Kier alpha value is -3.79. The quantitative estimate of drug-likeness (QED) is 0.475. The van der Waals surface area contributed by atoms with E-state index >= 15 is 0 Å². The number of nitrogens with one attached hydrogen (secondary N) is 1. The molecule has 0 spiro atoms. The number of methoxy groups -OCH3 is 1. The molecule has 0 atom stereocenters. The molecular formula is C20H15N3O6S. The number of esters is 1. The lowest BCUT2D eigenvalue weighted by Crippen LogP contribution is -2.36. The number of hydrogen-bond donors (Lipinski definition) is 1. The Morgan fingerprint density at radius 2 is 1.80 bits per heavy atom. The SMILES string of the molecule is COc1ccc2nc(NC(=O)COC(=O)CN3C(=O)c4ccccc4C3=O)sc2c1. The summed E-state index contributed by atoms with van der Waals surface area (Å²) in [4.78, 5) is 53.7. The standard InChI is InChI=1S/C20H15N3O6S/c1-28-11-6-7-14-15(8-11)30-20(21-14)22-16(24)10-29-17(25)9-23-18(26)12-4-2-3-5-13(12)19(23)27/h2-8H,9-10H2,1H3,(H,21,22,24). The van der Waals surface area contributed by atoms with Gasteiger partial charge in [-0.25, -0.2) is 4.98 Å². The van der Waals surface area contributed by atoms with Crippen LogP contribution in [-0.2, 0) is 14.3 Å². The van der Waals surface area contributed by atoms with Crippen LogP contribution >= 0.6 is 11.3 Å². The van der Waals surface area contributed by atoms with Crippen molar-refractivity contribution in [3.05, 3.63) is 53.6 Å². The first-order valence-corrected chi connectivity index (χ1v) is 9.63. The van der Waals surface area contributed by atoms with E-state index in [9.17, 15) is 19.2 Å². The van der Waals surface area contributed by atoms with Crippen LogP contribution < -0.4 is 10.1 Å². The molecule has 0 saturated heterocycles. The van der Waals surface area contributed by atoms with Gasteiger partial charge in [0.15, 0.2) is 11.7 Å². The van der Waals surface area contributed by atoms with E-state index in [4.69, 9.17) is 9.47 Å². The van der Waals surface area contributed by atoms with Crippen molar-refractivity contribution < 1.29 is 28.7 Å². The van der Waals surface area contributed by atoms with Crippen molar-refractivity contribution in [2.24, 2.45) is 0 Å². The molecule has 0 aliphatic carbocycles. The molecule has 3 aromatic rings. The molecule has 9 nitrogen and oxygen atoms in total. The predicted octanol–water partition coefficient (Wildman–Crippen LogP) is 2.08. The van der Waals surface area contributed by atoms with E-state index in [0.29, 0.717) is 16.4 Å². The number of thiazole rings is 1. The molecule has 1 aliphatic heterocycles. The summed E-state index contributed by atoms with van der Waals surface area (Å²) >= 11 is 1.25. The highest BCUT2D eigenvalue weighted by Crippen LogP contribution is 2.29. The van der Waals surface area contributed by atoms with E-state index in [1.165, 1.54) is 23.5 Å². The van der Waals surface area contributed by atoms with Gasteiger partial charge in [-0.1, -0.05) is 23.5 Å². The van der Waals surface area contributed by atoms with Crippen LogP contribution in [0.25, 0.3) is 10.2 Å². The molecule has 0 saturated carbocycles. The molecule has 3 amide bonds. The number of hydrogen-bond acceptors (Lipinski definition) is 8. The van der Waals surface area contributed by atoms with Crippen LogP contribution in [0, 0.1) is 0 Å². The number of carbonyl (C=O) groups excluding carboxylic acids is 4. The Kier molecular flexibility index (Phi) is 5.15. The lowest BCUT2D eigenvalue weighted by atomic mass is 10.1. The first-order chi connectivity index (χ1) is 14.5. The van der Waals surface area contributed by atoms with Crippen LogP contribution in [0.2, 0.25) is 0 Å². The van der Waals surface area contributed by atoms with E-state index in [1.807, 2.05) is 0 Å². The summed E-state index contributed by atoms with van der Waals surface area (Å²) in [5.74, 6) is -1.92. The maximum Gasteiger partial charge on any atom is 0.326 e. The second-order valence-corrected chi connectivity index (χ2v) is 7.33. The van der Waals surface area contributed by atoms with Gasteiger partial charge in [-0.05, 0) is 30.3 Å². The van der Waals surface area contributed by atoms with Gasteiger partial charge in [0.25, 0.3) is 17.7 Å². The van der Waals surface area contributed by atoms with Crippen molar-refractivity contribution in [2.45, 2.75) is 0 Å². The zero-order valence-electron chi connectivity index (χ0n) is 15.7. The van der Waals surface area contributed by atoms with E-state index < -0.39 is 36.8 Å². The molecule has 0 fully saturated rings. The average molecular weight is 425 g/mol. The number of fused-ring (bicyclic) bond motifs is 2. The summed E-state index contributed by atoms with van der Waals surface area (Å²) in [6, 6.07) is 11.6. The summed E-state index contributed by atoms with van der Waals surface area (Å²) in [7, 11) is 1.56. The van der Waals surface area contributed by atoms with Crippen molar-refractivity contribution in [1.82, 2.24) is 9.88 Å². The molecule has 1 aliphatic rings. The summed E-state index contributed by atoms with van der Waals surface area (Å²) in [6.45, 7) is -1.14. The monoisotopic (exact) mass is 425 g/mol. The number of benzene rings is 2. The lowest BCUT2D eigenvalue weighted by Gasteiger charge is -2.12. The number of carbonyl (C=O) groups is 4. The fourth-order valence-corrected chi connectivity index (χ4v) is 3.85. The molecule has 1 N–H and O–H groups in total. The molecular weight excluding hydrogens is 410 g/mol. The minimum absolute atomic E-state index is 0.237. The molecule has 0 bridgehead atoms. The molecule has 2 heterocycles. The first-order valence-electron chi connectivity index (χ1n) is 8.81. The Balaban J connectivity index is 1.32. The number of rotatable bonds is 6. The number of anilines is 1. The van der Waals surface area contributed by atoms with Gasteiger partial charge in [0.2, 0.25) is 0 Å². The molecule has 10 heteroatoms. The highest BCUT2D eigenvalue weighted by Gasteiger charge is 2.36. The van der Waals surface area contributed by atoms with Crippen molar-refractivity contribution in [3.63, 3.8) is 0 Å². The number of ether oxygens (including phenoxy) is 2. The molecule has 0 radical (unpaired) electrons. The number of aromatic nitrogens is 1. The van der Waals surface area contributed by atoms with Gasteiger partial charge in [0, 0.05) is 0 Å². The molecule has 152 valence electrons. The van der Waals surface area contributed by atoms with Gasteiger partial charge in [-0.2, -0.15) is 0 Å². The van der Waals surface area contributed by atoms with Gasteiger partial charge in [0.1, 0.15) is 12.3 Å². The van der Waals surface area contributed by atoms with Crippen LogP contribution in [0.1, 0.15) is 20.7 Å². The first kappa shape index (κ1) is 19.5. The molecule has 0 unspecified atom stereocenters. The van der Waals surface area contributed by atoms with Crippen molar-refractivity contribution >= 4 is 50.4 Å². The summed E-state index contributed by atoms with van der Waals surface area (Å²) in [6.07, 6.45) is 0. The summed E-state index contributed by atoms with van der Waals surface area (Å²) in [5, 5.41) is 2.90. The Morgan fingerprint density at radius 3 is 2.47 bits per heavy atom. The number of amides is 3. The van der Waals surface area contributed by atoms with Gasteiger partial charge in [-0.15, -0.1) is 0 Å². The molecule has 2 aromatic carbocycles. The van der Waals surface area contributed by atoms with Crippen molar-refractivity contribution in [3.8, 4) is 5.75 Å². The second kappa shape index (κ2) is 7.91. The van der Waals surface area contributed by atoms with Gasteiger partial charge in [0.05, 0.1) is 28.5 Å². The topological polar surface area (TPSA) is 115 Å². The number of imide groups is 1. The van der Waals surface area contributed by atoms with Gasteiger partial charge < -0.3 is 9.47 Å². The zero-order valence-corrected chi connectivity index (χ0v) is 16.5. The third-order valence-corrected chi connectivity index (χ3v) is 5.31. The van der Waals surface area contributed by atoms with E-state index in [1.54, 1.807) is 37.4 Å². The minimum Gasteiger partial charge on any atom is -0.497 e. The zero-order chi connectivity index (χ0) is 21.3. The van der Waals surface area contributed by atoms with Crippen LogP contribution in [0.3, 0.4) is 0 Å². The Morgan fingerprint density at radius 1 is 1.10 bits per heavy atom. The largest absolute Gasteiger partial charge is 0.497 e. The van der Waals surface area contributed by atoms with Gasteiger partial charge >= 0.3 is 5.97 Å². The average Bonchev–Trinajstić information content (AvgIpc) is 3.25. The molecule has 1 aromatic heterocycles. The van der Waals surface area contributed by atoms with E-state index in [2.05, 4.69) is 10.3 Å². The van der Waals surface area contributed by atoms with Crippen LogP contribution in [0.5, 0.6) is 5.75 Å². The normalized spacial score (nSPS) is 12.8. The van der Waals surface area contributed by atoms with Crippen LogP contribution in [0.4, 0.5) is 5.13 Å². The molecule has 4 rings (SSSR count). The highest BCUT2D eigenvalue weighted by atomic mass is 32.1. The fraction of sp³-hybridized carbons (Fsp3) is 0.150. The third kappa shape index (κ3) is 3.72. The smallest absolute Gasteiger partial charge is 0.326 e. The fourth-order valence-electron chi connectivity index (χ4n) is 2.94. The van der Waals surface area contributed by atoms with Crippen molar-refractivity contribution in [2.75, 3.05) is 25.6 Å². The predicted molar refractivity (Wildman–Crippen MR) is 108 cm³/mol. The Bertz CT molecular complexity index is 1150. The molecule has 30 heavy (non-hydrogen) atoms. The van der Waals surface area contributed by atoms with Crippen LogP contribution in [-0.4, -0.2) is 53.8 Å². The maximum absolute atomic E-state index is 12.3. The maximum atomic E-state index is 12.3. The summed E-state index contributed by atoms with van der Waals surface area (Å²) < 4.78 is 10.9. The minimum atomic E-state index is -0.867. The Labute approximate surface area is 174 Å². The van der Waals surface area contributed by atoms with Crippen molar-refractivity contribution in [1.29, 1.82) is 0 Å². The summed E-state index contributed by atoms with van der Waals surface area (Å²) in [5.41, 5.74) is 1.17. The van der Waals surface area contributed by atoms with E-state index in [0.717, 1.165) is 9.60 Å². The third-order valence-electron chi connectivity index (χ3n) is 4.37. The highest BCUT2D eigenvalue weighted by molar-refractivity contribution is 7.22. The van der Waals surface area contributed by atoms with Gasteiger partial charge in [-0.3, -0.25) is 29.4 Å². The second-order valence-electron chi connectivity index (χ2n) is 6.30. The van der Waals surface area contributed by atoms with Crippen LogP contribution in [0.15, 0.2) is 42.5 Å². The number of nitrogens with zero attached hydrogens (tertiary/aromatic N) is 2. The van der Waals surface area contributed by atoms with E-state index in [-0.39, 0.29) is 11.1 Å². The lowest BCUT2D eigenvalue weighted by molar-refractivity contribution is -0.147.